The summed E-state index contributed by atoms with van der Waals surface area (Å²) < 4.78 is 5.38. The molecule has 25 heavy (non-hydrogen) atoms. The Balaban J connectivity index is 1.54. The van der Waals surface area contributed by atoms with Crippen molar-refractivity contribution >= 4 is 51.3 Å². The number of para-hydroxylation sites is 1. The minimum Gasteiger partial charge on any atom is -0.482 e. The largest absolute Gasteiger partial charge is 0.482 e. The fourth-order valence-corrected chi connectivity index (χ4v) is 2.72. The molecule has 3 aromatic carbocycles. The van der Waals surface area contributed by atoms with Crippen LogP contribution in [0.3, 0.4) is 0 Å². The van der Waals surface area contributed by atoms with Crippen molar-refractivity contribution < 1.29 is 9.53 Å². The van der Waals surface area contributed by atoms with Gasteiger partial charge in [-0.3, -0.25) is 10.1 Å². The average molecular weight is 371 g/mol. The fraction of sp³-hybridized carbons (Fsp3) is 0.0526. The molecule has 0 unspecified atom stereocenters. The molecule has 0 aromatic heterocycles. The highest BCUT2D eigenvalue weighted by atomic mass is 35.5. The van der Waals surface area contributed by atoms with E-state index in [2.05, 4.69) is 10.6 Å². The van der Waals surface area contributed by atoms with Crippen molar-refractivity contribution in [1.29, 1.82) is 0 Å². The second kappa shape index (κ2) is 7.96. The van der Waals surface area contributed by atoms with Crippen molar-refractivity contribution in [3.8, 4) is 5.75 Å². The first-order valence-electron chi connectivity index (χ1n) is 7.59. The van der Waals surface area contributed by atoms with Crippen LogP contribution in [0.4, 0.5) is 5.69 Å². The standard InChI is InChI=1S/C19H15ClN2O2S/c20-16-7-3-4-8-17(16)24-12-18(23)22-19(25)21-15-10-9-13-5-1-2-6-14(13)11-15/h1-11H,12H2,(H2,21,22,23,25). The first-order chi connectivity index (χ1) is 12.1. The van der Waals surface area contributed by atoms with E-state index in [1.54, 1.807) is 24.3 Å². The maximum Gasteiger partial charge on any atom is 0.264 e. The highest BCUT2D eigenvalue weighted by molar-refractivity contribution is 7.80. The normalized spacial score (nSPS) is 10.3. The monoisotopic (exact) mass is 370 g/mol. The number of ether oxygens (including phenoxy) is 1. The lowest BCUT2D eigenvalue weighted by Gasteiger charge is -2.11. The molecule has 0 heterocycles. The Labute approximate surface area is 155 Å². The SMILES string of the molecule is O=C(COc1ccccc1Cl)NC(=S)Nc1ccc2ccccc2c1. The van der Waals surface area contributed by atoms with E-state index in [9.17, 15) is 4.79 Å². The van der Waals surface area contributed by atoms with Gasteiger partial charge in [0.05, 0.1) is 5.02 Å². The van der Waals surface area contributed by atoms with Crippen molar-refractivity contribution in [2.45, 2.75) is 0 Å². The lowest BCUT2D eigenvalue weighted by molar-refractivity contribution is -0.121. The minimum atomic E-state index is -0.363. The van der Waals surface area contributed by atoms with Crippen LogP contribution in [0.5, 0.6) is 5.75 Å². The Morgan fingerprint density at radius 3 is 2.52 bits per heavy atom. The molecule has 3 rings (SSSR count). The number of anilines is 1. The van der Waals surface area contributed by atoms with Gasteiger partial charge in [-0.1, -0.05) is 54.1 Å². The first-order valence-corrected chi connectivity index (χ1v) is 8.37. The van der Waals surface area contributed by atoms with E-state index in [0.29, 0.717) is 10.8 Å². The first kappa shape index (κ1) is 17.2. The van der Waals surface area contributed by atoms with Gasteiger partial charge in [-0.05, 0) is 47.3 Å². The summed E-state index contributed by atoms with van der Waals surface area (Å²) >= 11 is 11.1. The smallest absolute Gasteiger partial charge is 0.264 e. The van der Waals surface area contributed by atoms with Crippen molar-refractivity contribution in [2.24, 2.45) is 0 Å². The molecule has 0 bridgehead atoms. The highest BCUT2D eigenvalue weighted by Gasteiger charge is 2.08. The van der Waals surface area contributed by atoms with Gasteiger partial charge in [0.2, 0.25) is 0 Å². The summed E-state index contributed by atoms with van der Waals surface area (Å²) in [5.74, 6) is 0.0888. The second-order valence-corrected chi connectivity index (χ2v) is 6.10. The number of benzene rings is 3. The number of rotatable bonds is 4. The summed E-state index contributed by atoms with van der Waals surface area (Å²) in [4.78, 5) is 11.9. The number of carbonyl (C=O) groups is 1. The quantitative estimate of drug-likeness (QED) is 0.669. The van der Waals surface area contributed by atoms with Gasteiger partial charge >= 0.3 is 0 Å². The van der Waals surface area contributed by atoms with Crippen LogP contribution in [0, 0.1) is 0 Å². The van der Waals surface area contributed by atoms with E-state index in [1.165, 1.54) is 0 Å². The molecule has 0 saturated heterocycles. The van der Waals surface area contributed by atoms with E-state index in [-0.39, 0.29) is 17.6 Å². The molecule has 0 aliphatic rings. The molecule has 0 aliphatic heterocycles. The van der Waals surface area contributed by atoms with Gasteiger partial charge in [0, 0.05) is 5.69 Å². The summed E-state index contributed by atoms with van der Waals surface area (Å²) in [5, 5.41) is 8.46. The molecule has 4 nitrogen and oxygen atoms in total. The van der Waals surface area contributed by atoms with Crippen LogP contribution in [-0.2, 0) is 4.79 Å². The summed E-state index contributed by atoms with van der Waals surface area (Å²) in [6, 6.07) is 20.8. The Hall–Kier alpha value is -2.63. The number of thiocarbonyl (C=S) groups is 1. The van der Waals surface area contributed by atoms with Crippen LogP contribution in [-0.4, -0.2) is 17.6 Å². The maximum absolute atomic E-state index is 11.9. The average Bonchev–Trinajstić information content (AvgIpc) is 2.61. The Morgan fingerprint density at radius 1 is 1.00 bits per heavy atom. The Bertz CT molecular complexity index is 930. The summed E-state index contributed by atoms with van der Waals surface area (Å²) in [5.41, 5.74) is 0.802. The summed E-state index contributed by atoms with van der Waals surface area (Å²) in [7, 11) is 0. The number of halogens is 1. The predicted octanol–water partition coefficient (Wildman–Crippen LogP) is 4.39. The van der Waals surface area contributed by atoms with Crippen molar-refractivity contribution in [2.75, 3.05) is 11.9 Å². The van der Waals surface area contributed by atoms with Gasteiger partial charge in [-0.25, -0.2) is 0 Å². The number of hydrogen-bond acceptors (Lipinski definition) is 3. The second-order valence-electron chi connectivity index (χ2n) is 5.28. The van der Waals surface area contributed by atoms with Crippen LogP contribution in [0.2, 0.25) is 5.02 Å². The molecular weight excluding hydrogens is 356 g/mol. The van der Waals surface area contributed by atoms with Gasteiger partial charge in [0.25, 0.3) is 5.91 Å². The minimum absolute atomic E-state index is 0.177. The van der Waals surface area contributed by atoms with Gasteiger partial charge < -0.3 is 10.1 Å². The molecule has 0 fully saturated rings. The third-order valence-corrected chi connectivity index (χ3v) is 3.97. The van der Waals surface area contributed by atoms with E-state index in [1.807, 2.05) is 42.5 Å². The molecule has 1 amide bonds. The van der Waals surface area contributed by atoms with E-state index < -0.39 is 0 Å². The van der Waals surface area contributed by atoms with Gasteiger partial charge in [-0.2, -0.15) is 0 Å². The lowest BCUT2D eigenvalue weighted by atomic mass is 10.1. The predicted molar refractivity (Wildman–Crippen MR) is 105 cm³/mol. The third-order valence-electron chi connectivity index (χ3n) is 3.46. The molecule has 6 heteroatoms. The number of carbonyl (C=O) groups excluding carboxylic acids is 1. The molecule has 0 saturated carbocycles. The van der Waals surface area contributed by atoms with Crippen LogP contribution < -0.4 is 15.4 Å². The number of amides is 1. The molecular formula is C19H15ClN2O2S. The van der Waals surface area contributed by atoms with Crippen LogP contribution >= 0.6 is 23.8 Å². The number of hydrogen-bond donors (Lipinski definition) is 2. The zero-order valence-corrected chi connectivity index (χ0v) is 14.7. The fourth-order valence-electron chi connectivity index (χ4n) is 2.30. The van der Waals surface area contributed by atoms with Crippen LogP contribution in [0.1, 0.15) is 0 Å². The van der Waals surface area contributed by atoms with Gasteiger partial charge in [0.1, 0.15) is 5.75 Å². The molecule has 0 spiro atoms. The Kier molecular flexibility index (Phi) is 5.48. The topological polar surface area (TPSA) is 50.4 Å². The maximum atomic E-state index is 11.9. The molecule has 0 radical (unpaired) electrons. The molecule has 3 aromatic rings. The van der Waals surface area contributed by atoms with Crippen LogP contribution in [0.25, 0.3) is 10.8 Å². The van der Waals surface area contributed by atoms with Crippen molar-refractivity contribution in [1.82, 2.24) is 5.32 Å². The zero-order valence-electron chi connectivity index (χ0n) is 13.2. The van der Waals surface area contributed by atoms with E-state index in [0.717, 1.165) is 16.5 Å². The number of nitrogens with one attached hydrogen (secondary N) is 2. The number of fused-ring (bicyclic) bond motifs is 1. The molecule has 2 N–H and O–H groups in total. The van der Waals surface area contributed by atoms with Gasteiger partial charge in [-0.15, -0.1) is 0 Å². The third kappa shape index (κ3) is 4.68. The molecule has 126 valence electrons. The van der Waals surface area contributed by atoms with Gasteiger partial charge in [0.15, 0.2) is 11.7 Å². The highest BCUT2D eigenvalue weighted by Crippen LogP contribution is 2.22. The van der Waals surface area contributed by atoms with Crippen LogP contribution in [0.15, 0.2) is 66.7 Å². The molecule has 0 atom stereocenters. The zero-order chi connectivity index (χ0) is 17.6. The van der Waals surface area contributed by atoms with E-state index >= 15 is 0 Å². The Morgan fingerprint density at radius 2 is 1.72 bits per heavy atom. The van der Waals surface area contributed by atoms with Crippen molar-refractivity contribution in [3.63, 3.8) is 0 Å². The lowest BCUT2D eigenvalue weighted by Crippen LogP contribution is -2.37. The summed E-state index contributed by atoms with van der Waals surface area (Å²) in [6.07, 6.45) is 0. The molecule has 0 aliphatic carbocycles. The van der Waals surface area contributed by atoms with Crippen molar-refractivity contribution in [3.05, 3.63) is 71.8 Å². The van der Waals surface area contributed by atoms with E-state index in [4.69, 9.17) is 28.6 Å². The summed E-state index contributed by atoms with van der Waals surface area (Å²) in [6.45, 7) is -0.177.